The molecule has 6 heteroatoms. The number of guanidine groups is 1. The molecule has 1 aliphatic rings. The third-order valence-electron chi connectivity index (χ3n) is 5.37. The Bertz CT molecular complexity index is 753. The van der Waals surface area contributed by atoms with Crippen molar-refractivity contribution < 1.29 is 0 Å². The first kappa shape index (κ1) is 20.8. The highest BCUT2D eigenvalue weighted by Crippen LogP contribution is 2.19. The molecule has 0 radical (unpaired) electrons. The first-order valence-electron chi connectivity index (χ1n) is 10.3. The topological polar surface area (TPSA) is 52.6 Å². The molecule has 5 nitrogen and oxygen atoms in total. The Kier molecular flexibility index (Phi) is 7.86. The summed E-state index contributed by atoms with van der Waals surface area (Å²) in [5.74, 6) is 0.832. The Morgan fingerprint density at radius 3 is 2.68 bits per heavy atom. The molecule has 2 heterocycles. The normalized spacial score (nSPS) is 18.2. The van der Waals surface area contributed by atoms with Crippen molar-refractivity contribution in [1.82, 2.24) is 20.5 Å². The van der Waals surface area contributed by atoms with Gasteiger partial charge in [0, 0.05) is 44.5 Å². The molecule has 1 aliphatic heterocycles. The van der Waals surface area contributed by atoms with Crippen molar-refractivity contribution in [2.45, 2.75) is 58.7 Å². The molecule has 3 rings (SSSR count). The molecule has 1 aromatic carbocycles. The average Bonchev–Trinajstić information content (AvgIpc) is 3.12. The van der Waals surface area contributed by atoms with Crippen LogP contribution in [0.1, 0.15) is 48.0 Å². The van der Waals surface area contributed by atoms with Gasteiger partial charge in [-0.1, -0.05) is 30.7 Å². The van der Waals surface area contributed by atoms with E-state index in [0.29, 0.717) is 6.04 Å². The number of thiazole rings is 1. The molecule has 0 amide bonds. The summed E-state index contributed by atoms with van der Waals surface area (Å²) in [5.41, 5.74) is 3.82. The van der Waals surface area contributed by atoms with Crippen LogP contribution in [0.25, 0.3) is 0 Å². The van der Waals surface area contributed by atoms with Gasteiger partial charge in [0.25, 0.3) is 0 Å². The van der Waals surface area contributed by atoms with E-state index in [9.17, 15) is 0 Å². The first-order valence-corrected chi connectivity index (χ1v) is 11.2. The second kappa shape index (κ2) is 10.6. The summed E-state index contributed by atoms with van der Waals surface area (Å²) in [6.45, 7) is 8.29. The Hall–Kier alpha value is -1.92. The fourth-order valence-corrected chi connectivity index (χ4v) is 4.28. The van der Waals surface area contributed by atoms with Crippen molar-refractivity contribution in [3.05, 3.63) is 51.5 Å². The maximum Gasteiger partial charge on any atom is 0.191 e. The number of aromatic nitrogens is 1. The van der Waals surface area contributed by atoms with Crippen molar-refractivity contribution in [2.24, 2.45) is 4.99 Å². The molecular formula is C22H33N5S. The van der Waals surface area contributed by atoms with Crippen LogP contribution in [0.3, 0.4) is 0 Å². The van der Waals surface area contributed by atoms with E-state index in [-0.39, 0.29) is 0 Å². The smallest absolute Gasteiger partial charge is 0.191 e. The Balaban J connectivity index is 1.41. The van der Waals surface area contributed by atoms with Crippen LogP contribution in [0.15, 0.2) is 34.6 Å². The molecule has 1 unspecified atom stereocenters. The number of aliphatic imine (C=N–C) groups is 1. The molecule has 2 aromatic rings. The van der Waals surface area contributed by atoms with E-state index in [4.69, 9.17) is 0 Å². The highest BCUT2D eigenvalue weighted by Gasteiger charge is 2.17. The average molecular weight is 400 g/mol. The minimum absolute atomic E-state index is 0.706. The van der Waals surface area contributed by atoms with Crippen molar-refractivity contribution in [1.29, 1.82) is 0 Å². The molecule has 0 bridgehead atoms. The summed E-state index contributed by atoms with van der Waals surface area (Å²) in [5, 5.41) is 10.0. The lowest BCUT2D eigenvalue weighted by Gasteiger charge is -2.33. The van der Waals surface area contributed by atoms with Gasteiger partial charge in [0.2, 0.25) is 0 Å². The number of nitrogens with zero attached hydrogens (tertiary/aromatic N) is 3. The van der Waals surface area contributed by atoms with E-state index in [1.54, 1.807) is 11.3 Å². The largest absolute Gasteiger partial charge is 0.356 e. The molecular weight excluding hydrogens is 366 g/mol. The number of likely N-dealkylation sites (tertiary alicyclic amines) is 1. The zero-order chi connectivity index (χ0) is 19.8. The van der Waals surface area contributed by atoms with Crippen LogP contribution in [0.2, 0.25) is 0 Å². The fourth-order valence-electron chi connectivity index (χ4n) is 3.63. The van der Waals surface area contributed by atoms with Gasteiger partial charge >= 0.3 is 0 Å². The highest BCUT2D eigenvalue weighted by atomic mass is 32.1. The predicted octanol–water partition coefficient (Wildman–Crippen LogP) is 3.73. The van der Waals surface area contributed by atoms with Gasteiger partial charge in [-0.25, -0.2) is 4.98 Å². The Morgan fingerprint density at radius 2 is 2.00 bits per heavy atom. The monoisotopic (exact) mass is 399 g/mol. The number of hydrogen-bond donors (Lipinski definition) is 2. The van der Waals surface area contributed by atoms with Crippen LogP contribution in [0, 0.1) is 6.92 Å². The second-order valence-corrected chi connectivity index (χ2v) is 8.65. The van der Waals surface area contributed by atoms with E-state index in [2.05, 4.69) is 62.1 Å². The van der Waals surface area contributed by atoms with Gasteiger partial charge in [-0.15, -0.1) is 11.3 Å². The molecule has 0 aliphatic carbocycles. The summed E-state index contributed by atoms with van der Waals surface area (Å²) in [4.78, 5) is 11.4. The summed E-state index contributed by atoms with van der Waals surface area (Å²) >= 11 is 1.70. The predicted molar refractivity (Wildman–Crippen MR) is 119 cm³/mol. The van der Waals surface area contributed by atoms with Gasteiger partial charge in [-0.3, -0.25) is 9.89 Å². The number of rotatable bonds is 7. The van der Waals surface area contributed by atoms with E-state index < -0.39 is 0 Å². The summed E-state index contributed by atoms with van der Waals surface area (Å²) < 4.78 is 0. The lowest BCUT2D eigenvalue weighted by molar-refractivity contribution is 0.152. The summed E-state index contributed by atoms with van der Waals surface area (Å²) in [6, 6.07) is 9.68. The number of piperidine rings is 1. The molecule has 1 aromatic heterocycles. The van der Waals surface area contributed by atoms with Crippen LogP contribution < -0.4 is 10.6 Å². The fraction of sp³-hybridized carbons (Fsp3) is 0.545. The number of aryl methyl sites for hydroxylation is 1. The van der Waals surface area contributed by atoms with Crippen molar-refractivity contribution in [3.8, 4) is 0 Å². The number of benzene rings is 1. The Morgan fingerprint density at radius 1 is 1.21 bits per heavy atom. The van der Waals surface area contributed by atoms with Crippen LogP contribution in [-0.2, 0) is 19.5 Å². The molecule has 152 valence electrons. The minimum atomic E-state index is 0.706. The number of nitrogens with one attached hydrogen (secondary N) is 2. The van der Waals surface area contributed by atoms with Crippen molar-refractivity contribution in [3.63, 3.8) is 0 Å². The van der Waals surface area contributed by atoms with Crippen LogP contribution in [0.4, 0.5) is 0 Å². The molecule has 1 saturated heterocycles. The van der Waals surface area contributed by atoms with Crippen LogP contribution >= 0.6 is 11.3 Å². The summed E-state index contributed by atoms with van der Waals surface area (Å²) in [6.07, 6.45) is 4.95. The van der Waals surface area contributed by atoms with E-state index in [0.717, 1.165) is 42.7 Å². The van der Waals surface area contributed by atoms with Crippen molar-refractivity contribution >= 4 is 17.3 Å². The zero-order valence-electron chi connectivity index (χ0n) is 17.4. The molecule has 0 spiro atoms. The standard InChI is InChI=1S/C22H33N5S/c1-17-6-4-5-13-27(17)15-20-9-7-19(8-10-20)14-25-22(23-3)24-12-11-21-16-28-18(2)26-21/h7-10,16-17H,4-6,11-15H2,1-3H3,(H2,23,24,25). The molecule has 0 saturated carbocycles. The third kappa shape index (κ3) is 6.31. The third-order valence-corrected chi connectivity index (χ3v) is 6.20. The molecule has 28 heavy (non-hydrogen) atoms. The quantitative estimate of drug-likeness (QED) is 0.550. The zero-order valence-corrected chi connectivity index (χ0v) is 18.2. The summed E-state index contributed by atoms with van der Waals surface area (Å²) in [7, 11) is 1.81. The van der Waals surface area contributed by atoms with Crippen LogP contribution in [0.5, 0.6) is 0 Å². The van der Waals surface area contributed by atoms with E-state index >= 15 is 0 Å². The Labute approximate surface area is 173 Å². The van der Waals surface area contributed by atoms with Crippen molar-refractivity contribution in [2.75, 3.05) is 20.1 Å². The van der Waals surface area contributed by atoms with Gasteiger partial charge in [0.15, 0.2) is 5.96 Å². The SMILES string of the molecule is CN=C(NCCc1csc(C)n1)NCc1ccc(CN2CCCCC2C)cc1. The van der Waals surface area contributed by atoms with Crippen LogP contribution in [-0.4, -0.2) is 42.0 Å². The first-order chi connectivity index (χ1) is 13.6. The lowest BCUT2D eigenvalue weighted by Crippen LogP contribution is -2.38. The lowest BCUT2D eigenvalue weighted by atomic mass is 10.0. The highest BCUT2D eigenvalue weighted by molar-refractivity contribution is 7.09. The molecule has 2 N–H and O–H groups in total. The maximum absolute atomic E-state index is 4.50. The van der Waals surface area contributed by atoms with Gasteiger partial charge in [-0.2, -0.15) is 0 Å². The van der Waals surface area contributed by atoms with Gasteiger partial charge in [-0.05, 0) is 44.4 Å². The minimum Gasteiger partial charge on any atom is -0.356 e. The van der Waals surface area contributed by atoms with Gasteiger partial charge in [0.1, 0.15) is 0 Å². The number of hydrogen-bond acceptors (Lipinski definition) is 4. The van der Waals surface area contributed by atoms with Gasteiger partial charge < -0.3 is 10.6 Å². The van der Waals surface area contributed by atoms with E-state index in [1.165, 1.54) is 36.9 Å². The second-order valence-electron chi connectivity index (χ2n) is 7.59. The molecule has 1 fully saturated rings. The van der Waals surface area contributed by atoms with Gasteiger partial charge in [0.05, 0.1) is 10.7 Å². The van der Waals surface area contributed by atoms with E-state index in [1.807, 2.05) is 14.0 Å². The molecule has 1 atom stereocenters. The maximum atomic E-state index is 4.50.